The highest BCUT2D eigenvalue weighted by molar-refractivity contribution is 5.93. The summed E-state index contributed by atoms with van der Waals surface area (Å²) in [5, 5.41) is 0. The molecule has 3 heteroatoms. The van der Waals surface area contributed by atoms with Crippen LogP contribution in [0.2, 0.25) is 0 Å². The van der Waals surface area contributed by atoms with Crippen LogP contribution < -0.4 is 5.73 Å². The van der Waals surface area contributed by atoms with E-state index in [2.05, 4.69) is 18.8 Å². The van der Waals surface area contributed by atoms with Gasteiger partial charge < -0.3 is 5.73 Å². The van der Waals surface area contributed by atoms with Crippen LogP contribution in [-0.2, 0) is 6.42 Å². The molecule has 0 aliphatic heterocycles. The molecule has 0 spiro atoms. The number of pyridine rings is 1. The first-order valence-corrected chi connectivity index (χ1v) is 5.42. The number of primary amides is 1. The third kappa shape index (κ3) is 3.05. The van der Waals surface area contributed by atoms with Crippen molar-refractivity contribution in [3.05, 3.63) is 29.6 Å². The summed E-state index contributed by atoms with van der Waals surface area (Å²) in [7, 11) is 0. The zero-order valence-corrected chi connectivity index (χ0v) is 9.36. The van der Waals surface area contributed by atoms with Gasteiger partial charge >= 0.3 is 0 Å². The zero-order chi connectivity index (χ0) is 11.3. The number of carbonyl (C=O) groups is 1. The molecule has 15 heavy (non-hydrogen) atoms. The molecule has 1 aromatic rings. The molecule has 82 valence electrons. The molecule has 0 radical (unpaired) electrons. The summed E-state index contributed by atoms with van der Waals surface area (Å²) in [6.45, 7) is 4.31. The molecule has 0 saturated carbocycles. The molecule has 0 fully saturated rings. The third-order valence-corrected chi connectivity index (χ3v) is 2.79. The van der Waals surface area contributed by atoms with Gasteiger partial charge in [-0.15, -0.1) is 0 Å². The second-order valence-electron chi connectivity index (χ2n) is 3.75. The molecule has 0 atom stereocenters. The van der Waals surface area contributed by atoms with Crippen molar-refractivity contribution in [2.75, 3.05) is 0 Å². The monoisotopic (exact) mass is 206 g/mol. The summed E-state index contributed by atoms with van der Waals surface area (Å²) in [6, 6.07) is 3.49. The number of nitrogens with two attached hydrogens (primary N) is 1. The van der Waals surface area contributed by atoms with Crippen LogP contribution in [0.4, 0.5) is 0 Å². The van der Waals surface area contributed by atoms with E-state index in [0.29, 0.717) is 11.5 Å². The first-order valence-electron chi connectivity index (χ1n) is 5.42. The summed E-state index contributed by atoms with van der Waals surface area (Å²) in [4.78, 5) is 15.4. The van der Waals surface area contributed by atoms with E-state index in [4.69, 9.17) is 5.73 Å². The van der Waals surface area contributed by atoms with Gasteiger partial charge in [0.05, 0.1) is 11.3 Å². The lowest BCUT2D eigenvalue weighted by Gasteiger charge is -2.12. The Labute approximate surface area is 90.7 Å². The predicted octanol–water partition coefficient (Wildman–Crippen LogP) is 2.16. The van der Waals surface area contributed by atoms with Crippen molar-refractivity contribution >= 4 is 5.91 Å². The zero-order valence-electron chi connectivity index (χ0n) is 9.36. The van der Waals surface area contributed by atoms with E-state index in [1.54, 1.807) is 18.3 Å². The minimum absolute atomic E-state index is 0.385. The number of hydrogen-bond donors (Lipinski definition) is 1. The van der Waals surface area contributed by atoms with Gasteiger partial charge in [-0.3, -0.25) is 9.78 Å². The van der Waals surface area contributed by atoms with E-state index in [1.165, 1.54) is 0 Å². The molecule has 2 N–H and O–H groups in total. The largest absolute Gasteiger partial charge is 0.366 e. The van der Waals surface area contributed by atoms with Gasteiger partial charge in [-0.05, 0) is 24.5 Å². The van der Waals surface area contributed by atoms with Crippen LogP contribution in [0.1, 0.15) is 42.7 Å². The number of amides is 1. The van der Waals surface area contributed by atoms with Gasteiger partial charge in [-0.25, -0.2) is 0 Å². The normalized spacial score (nSPS) is 10.6. The highest BCUT2D eigenvalue weighted by atomic mass is 16.1. The molecule has 0 saturated heterocycles. The van der Waals surface area contributed by atoms with Gasteiger partial charge in [0.15, 0.2) is 0 Å². The lowest BCUT2D eigenvalue weighted by atomic mass is 9.95. The molecule has 0 aliphatic carbocycles. The third-order valence-electron chi connectivity index (χ3n) is 2.79. The van der Waals surface area contributed by atoms with Crippen LogP contribution in [0, 0.1) is 5.92 Å². The average Bonchev–Trinajstić information content (AvgIpc) is 2.26. The fraction of sp³-hybridized carbons (Fsp3) is 0.500. The molecular weight excluding hydrogens is 188 g/mol. The number of nitrogens with zero attached hydrogens (tertiary/aromatic N) is 1. The van der Waals surface area contributed by atoms with Crippen molar-refractivity contribution < 1.29 is 4.79 Å². The Bertz CT molecular complexity index is 332. The Balaban J connectivity index is 2.88. The van der Waals surface area contributed by atoms with E-state index in [1.807, 2.05) is 0 Å². The van der Waals surface area contributed by atoms with Crippen LogP contribution in [0.15, 0.2) is 18.3 Å². The second kappa shape index (κ2) is 5.49. The maximum Gasteiger partial charge on any atom is 0.250 e. The van der Waals surface area contributed by atoms with Gasteiger partial charge in [0, 0.05) is 6.20 Å². The van der Waals surface area contributed by atoms with E-state index in [9.17, 15) is 4.79 Å². The van der Waals surface area contributed by atoms with E-state index in [0.717, 1.165) is 25.0 Å². The summed E-state index contributed by atoms with van der Waals surface area (Å²) in [5.74, 6) is 0.196. The topological polar surface area (TPSA) is 56.0 Å². The van der Waals surface area contributed by atoms with Gasteiger partial charge in [-0.2, -0.15) is 0 Å². The van der Waals surface area contributed by atoms with Crippen LogP contribution in [0.3, 0.4) is 0 Å². The molecule has 1 rings (SSSR count). The first-order chi connectivity index (χ1) is 7.19. The lowest BCUT2D eigenvalue weighted by Crippen LogP contribution is -2.16. The Kier molecular flexibility index (Phi) is 4.28. The fourth-order valence-electron chi connectivity index (χ4n) is 1.68. The molecule has 0 aromatic carbocycles. The minimum Gasteiger partial charge on any atom is -0.366 e. The van der Waals surface area contributed by atoms with Crippen LogP contribution in [0.25, 0.3) is 0 Å². The van der Waals surface area contributed by atoms with Gasteiger partial charge in [-0.1, -0.05) is 26.7 Å². The Hall–Kier alpha value is -1.38. The van der Waals surface area contributed by atoms with E-state index in [-0.39, 0.29) is 5.91 Å². The molecule has 3 nitrogen and oxygen atoms in total. The van der Waals surface area contributed by atoms with Crippen molar-refractivity contribution in [1.29, 1.82) is 0 Å². The quantitative estimate of drug-likeness (QED) is 0.802. The van der Waals surface area contributed by atoms with Gasteiger partial charge in [0.25, 0.3) is 5.91 Å². The summed E-state index contributed by atoms with van der Waals surface area (Å²) in [6.07, 6.45) is 4.76. The molecular formula is C12H18N2O. The summed E-state index contributed by atoms with van der Waals surface area (Å²) < 4.78 is 0. The van der Waals surface area contributed by atoms with Crippen molar-refractivity contribution in [3.63, 3.8) is 0 Å². The van der Waals surface area contributed by atoms with E-state index >= 15 is 0 Å². The maximum absolute atomic E-state index is 11.2. The van der Waals surface area contributed by atoms with E-state index < -0.39 is 0 Å². The standard InChI is InChI=1S/C12H18N2O/c1-3-9(4-2)8-11-10(12(13)15)6-5-7-14-11/h5-7,9H,3-4,8H2,1-2H3,(H2,13,15). The van der Waals surface area contributed by atoms with Crippen molar-refractivity contribution in [1.82, 2.24) is 4.98 Å². The molecule has 1 heterocycles. The maximum atomic E-state index is 11.2. The highest BCUT2D eigenvalue weighted by Crippen LogP contribution is 2.16. The average molecular weight is 206 g/mol. The second-order valence-corrected chi connectivity index (χ2v) is 3.75. The van der Waals surface area contributed by atoms with Crippen LogP contribution in [0.5, 0.6) is 0 Å². The molecule has 1 aromatic heterocycles. The summed E-state index contributed by atoms with van der Waals surface area (Å²) in [5.41, 5.74) is 6.69. The Morgan fingerprint density at radius 2 is 2.13 bits per heavy atom. The van der Waals surface area contributed by atoms with Crippen molar-refractivity contribution in [2.24, 2.45) is 11.7 Å². The number of aromatic nitrogens is 1. The van der Waals surface area contributed by atoms with Crippen molar-refractivity contribution in [2.45, 2.75) is 33.1 Å². The first kappa shape index (κ1) is 11.7. The Morgan fingerprint density at radius 3 is 2.67 bits per heavy atom. The van der Waals surface area contributed by atoms with Crippen molar-refractivity contribution in [3.8, 4) is 0 Å². The Morgan fingerprint density at radius 1 is 1.47 bits per heavy atom. The van der Waals surface area contributed by atoms with Gasteiger partial charge in [0.2, 0.25) is 0 Å². The van der Waals surface area contributed by atoms with Gasteiger partial charge in [0.1, 0.15) is 0 Å². The lowest BCUT2D eigenvalue weighted by molar-refractivity contribution is 0.0998. The number of carbonyl (C=O) groups excluding carboxylic acids is 1. The van der Waals surface area contributed by atoms with Crippen LogP contribution in [-0.4, -0.2) is 10.9 Å². The molecule has 0 unspecified atom stereocenters. The highest BCUT2D eigenvalue weighted by Gasteiger charge is 2.12. The minimum atomic E-state index is -0.385. The SMILES string of the molecule is CCC(CC)Cc1ncccc1C(N)=O. The fourth-order valence-corrected chi connectivity index (χ4v) is 1.68. The molecule has 0 bridgehead atoms. The smallest absolute Gasteiger partial charge is 0.250 e. The number of rotatable bonds is 5. The van der Waals surface area contributed by atoms with Crippen LogP contribution >= 0.6 is 0 Å². The number of hydrogen-bond acceptors (Lipinski definition) is 2. The molecule has 0 aliphatic rings. The molecule has 1 amide bonds. The summed E-state index contributed by atoms with van der Waals surface area (Å²) >= 11 is 0. The predicted molar refractivity (Wildman–Crippen MR) is 60.5 cm³/mol.